The molecule has 4 rings (SSSR count). The van der Waals surface area contributed by atoms with Crippen LogP contribution in [0.1, 0.15) is 41.0 Å². The molecule has 0 aromatic heterocycles. The van der Waals surface area contributed by atoms with E-state index >= 15 is 0 Å². The van der Waals surface area contributed by atoms with E-state index in [1.807, 2.05) is 36.4 Å². The van der Waals surface area contributed by atoms with Gasteiger partial charge in [0, 0.05) is 11.3 Å². The van der Waals surface area contributed by atoms with Crippen molar-refractivity contribution in [3.63, 3.8) is 0 Å². The molecule has 23 heavy (non-hydrogen) atoms. The number of carbonyl (C=O) groups is 2. The van der Waals surface area contributed by atoms with Gasteiger partial charge in [0.2, 0.25) is 0 Å². The number of carboxylic acid groups (broad SMARTS) is 2. The van der Waals surface area contributed by atoms with E-state index in [2.05, 4.69) is 12.1 Å². The van der Waals surface area contributed by atoms with Crippen molar-refractivity contribution >= 4 is 11.9 Å². The van der Waals surface area contributed by atoms with Gasteiger partial charge >= 0.3 is 11.9 Å². The molecule has 4 heteroatoms. The van der Waals surface area contributed by atoms with Crippen molar-refractivity contribution in [2.75, 3.05) is 0 Å². The molecule has 0 spiro atoms. The monoisotopic (exact) mass is 308 g/mol. The first-order valence-corrected chi connectivity index (χ1v) is 7.69. The Morgan fingerprint density at radius 2 is 1.43 bits per heavy atom. The van der Waals surface area contributed by atoms with Gasteiger partial charge in [-0.3, -0.25) is 9.59 Å². The second-order valence-electron chi connectivity index (χ2n) is 6.45. The molecule has 2 aliphatic rings. The summed E-state index contributed by atoms with van der Waals surface area (Å²) in [5.74, 6) is -3.69. The first-order valence-electron chi connectivity index (χ1n) is 7.69. The molecule has 116 valence electrons. The predicted molar refractivity (Wildman–Crippen MR) is 83.5 cm³/mol. The molecule has 4 nitrogen and oxygen atoms in total. The molecule has 2 aromatic carbocycles. The predicted octanol–water partition coefficient (Wildman–Crippen LogP) is 3.00. The van der Waals surface area contributed by atoms with Gasteiger partial charge in [0.25, 0.3) is 0 Å². The maximum atomic E-state index is 11.4. The van der Waals surface area contributed by atoms with Gasteiger partial charge in [-0.1, -0.05) is 48.5 Å². The lowest BCUT2D eigenvalue weighted by atomic mass is 9.70. The molecule has 2 aliphatic carbocycles. The molecule has 0 saturated heterocycles. The normalized spacial score (nSPS) is 23.6. The molecule has 0 fully saturated rings. The van der Waals surface area contributed by atoms with Crippen LogP contribution in [-0.2, 0) is 15.0 Å². The van der Waals surface area contributed by atoms with Gasteiger partial charge in [-0.05, 0) is 35.1 Å². The van der Waals surface area contributed by atoms with Crippen LogP contribution in [0, 0.1) is 5.92 Å². The minimum absolute atomic E-state index is 0.0994. The summed E-state index contributed by atoms with van der Waals surface area (Å²) < 4.78 is 0. The van der Waals surface area contributed by atoms with Gasteiger partial charge < -0.3 is 10.2 Å². The smallest absolute Gasteiger partial charge is 0.317 e. The lowest BCUT2D eigenvalue weighted by Crippen LogP contribution is -2.34. The summed E-state index contributed by atoms with van der Waals surface area (Å²) in [5, 5.41) is 18.7. The summed E-state index contributed by atoms with van der Waals surface area (Å²) in [6.07, 6.45) is 0.866. The fourth-order valence-electron chi connectivity index (χ4n) is 4.51. The van der Waals surface area contributed by atoms with Gasteiger partial charge in [0.15, 0.2) is 5.92 Å². The van der Waals surface area contributed by atoms with Crippen LogP contribution in [0.2, 0.25) is 0 Å². The zero-order chi connectivity index (χ0) is 16.2. The minimum atomic E-state index is -1.40. The van der Waals surface area contributed by atoms with E-state index in [1.165, 1.54) is 11.1 Å². The van der Waals surface area contributed by atoms with Crippen LogP contribution in [0.4, 0.5) is 0 Å². The molecular weight excluding hydrogens is 292 g/mol. The quantitative estimate of drug-likeness (QED) is 0.852. The standard InChI is InChI=1S/C19H16O4/c20-17(21)14(18(22)23)10-19-9-13(11-5-1-3-7-15(11)19)12-6-2-4-8-16(12)19/h1-8,13-14H,9-10H2,(H,20,21)(H,22,23). The van der Waals surface area contributed by atoms with E-state index in [1.54, 1.807) is 0 Å². The summed E-state index contributed by atoms with van der Waals surface area (Å²) in [6, 6.07) is 16.1. The van der Waals surface area contributed by atoms with Crippen LogP contribution in [0.5, 0.6) is 0 Å². The number of hydrogen-bond donors (Lipinski definition) is 2. The second-order valence-corrected chi connectivity index (χ2v) is 6.45. The van der Waals surface area contributed by atoms with Gasteiger partial charge in [0.05, 0.1) is 0 Å². The average Bonchev–Trinajstić information content (AvgIpc) is 3.05. The second kappa shape index (κ2) is 4.69. The van der Waals surface area contributed by atoms with E-state index in [4.69, 9.17) is 0 Å². The number of fused-ring (bicyclic) bond motifs is 8. The highest BCUT2D eigenvalue weighted by molar-refractivity contribution is 5.93. The van der Waals surface area contributed by atoms with Gasteiger partial charge in [-0.25, -0.2) is 0 Å². The maximum absolute atomic E-state index is 11.4. The molecular formula is C19H16O4. The van der Waals surface area contributed by atoms with Crippen molar-refractivity contribution in [3.8, 4) is 0 Å². The van der Waals surface area contributed by atoms with Gasteiger partial charge in [-0.15, -0.1) is 0 Å². The highest BCUT2D eigenvalue weighted by atomic mass is 16.4. The van der Waals surface area contributed by atoms with Gasteiger partial charge in [0.1, 0.15) is 0 Å². The highest BCUT2D eigenvalue weighted by Crippen LogP contribution is 2.62. The average molecular weight is 308 g/mol. The molecule has 0 unspecified atom stereocenters. The van der Waals surface area contributed by atoms with E-state index in [0.29, 0.717) is 0 Å². The van der Waals surface area contributed by atoms with Crippen molar-refractivity contribution < 1.29 is 19.8 Å². The minimum Gasteiger partial charge on any atom is -0.481 e. The summed E-state index contributed by atoms with van der Waals surface area (Å²) in [5.41, 5.74) is 4.10. The fourth-order valence-corrected chi connectivity index (χ4v) is 4.51. The van der Waals surface area contributed by atoms with Crippen molar-refractivity contribution in [2.45, 2.75) is 24.2 Å². The first-order chi connectivity index (χ1) is 11.0. The van der Waals surface area contributed by atoms with Crippen LogP contribution in [0.25, 0.3) is 0 Å². The third-order valence-corrected chi connectivity index (χ3v) is 5.40. The molecule has 0 heterocycles. The molecule has 0 aliphatic heterocycles. The SMILES string of the molecule is O=C(O)C(CC12CC(c3ccccc31)c1ccccc12)C(=O)O. The fraction of sp³-hybridized carbons (Fsp3) is 0.263. The Morgan fingerprint density at radius 3 is 1.91 bits per heavy atom. The Balaban J connectivity index is 1.90. The molecule has 0 saturated carbocycles. The zero-order valence-corrected chi connectivity index (χ0v) is 12.4. The summed E-state index contributed by atoms with van der Waals surface area (Å²) in [4.78, 5) is 22.9. The lowest BCUT2D eigenvalue weighted by molar-refractivity contribution is -0.155. The van der Waals surface area contributed by atoms with Crippen LogP contribution >= 0.6 is 0 Å². The molecule has 0 amide bonds. The highest BCUT2D eigenvalue weighted by Gasteiger charge is 2.54. The van der Waals surface area contributed by atoms with Crippen molar-refractivity contribution in [1.29, 1.82) is 0 Å². The molecule has 2 bridgehead atoms. The topological polar surface area (TPSA) is 74.6 Å². The summed E-state index contributed by atoms with van der Waals surface area (Å²) in [6.45, 7) is 0. The van der Waals surface area contributed by atoms with E-state index in [9.17, 15) is 19.8 Å². The van der Waals surface area contributed by atoms with Crippen LogP contribution in [0.15, 0.2) is 48.5 Å². The van der Waals surface area contributed by atoms with Crippen molar-refractivity contribution in [2.24, 2.45) is 5.92 Å². The first kappa shape index (κ1) is 14.0. The summed E-state index contributed by atoms with van der Waals surface area (Å²) >= 11 is 0. The van der Waals surface area contributed by atoms with E-state index in [-0.39, 0.29) is 12.3 Å². The Bertz CT molecular complexity index is 762. The largest absolute Gasteiger partial charge is 0.481 e. The van der Waals surface area contributed by atoms with Crippen LogP contribution in [0.3, 0.4) is 0 Å². The van der Waals surface area contributed by atoms with E-state index in [0.717, 1.165) is 17.5 Å². The number of carboxylic acids is 2. The van der Waals surface area contributed by atoms with Gasteiger partial charge in [-0.2, -0.15) is 0 Å². The molecule has 2 aromatic rings. The Hall–Kier alpha value is -2.62. The van der Waals surface area contributed by atoms with Crippen LogP contribution < -0.4 is 0 Å². The Labute approximate surface area is 133 Å². The van der Waals surface area contributed by atoms with E-state index < -0.39 is 23.3 Å². The number of aliphatic carboxylic acids is 2. The molecule has 2 N–H and O–H groups in total. The molecule has 0 atom stereocenters. The number of rotatable bonds is 4. The summed E-state index contributed by atoms with van der Waals surface area (Å²) in [7, 11) is 0. The lowest BCUT2D eigenvalue weighted by Gasteiger charge is -2.32. The van der Waals surface area contributed by atoms with Crippen molar-refractivity contribution in [1.82, 2.24) is 0 Å². The third-order valence-electron chi connectivity index (χ3n) is 5.40. The zero-order valence-electron chi connectivity index (χ0n) is 12.4. The third kappa shape index (κ3) is 1.78. The molecule has 0 radical (unpaired) electrons. The van der Waals surface area contributed by atoms with Crippen molar-refractivity contribution in [3.05, 3.63) is 70.8 Å². The maximum Gasteiger partial charge on any atom is 0.317 e. The Kier molecular flexibility index (Phi) is 2.85. The van der Waals surface area contributed by atoms with Crippen LogP contribution in [-0.4, -0.2) is 22.2 Å². The number of benzene rings is 2. The number of hydrogen-bond acceptors (Lipinski definition) is 2. The Morgan fingerprint density at radius 1 is 0.957 bits per heavy atom.